The fourth-order valence-electron chi connectivity index (χ4n) is 3.27. The smallest absolute Gasteiger partial charge is 0.219 e. The molecule has 0 atom stereocenters. The lowest BCUT2D eigenvalue weighted by atomic mass is 10.1. The van der Waals surface area contributed by atoms with Gasteiger partial charge < -0.3 is 9.64 Å². The van der Waals surface area contributed by atoms with Crippen LogP contribution < -0.4 is 4.74 Å². The van der Waals surface area contributed by atoms with E-state index in [4.69, 9.17) is 4.74 Å². The van der Waals surface area contributed by atoms with Gasteiger partial charge in [0.15, 0.2) is 0 Å². The number of aromatic nitrogens is 2. The molecule has 1 saturated heterocycles. The van der Waals surface area contributed by atoms with E-state index in [0.717, 1.165) is 36.2 Å². The Morgan fingerprint density at radius 1 is 1.04 bits per heavy atom. The molecule has 0 aliphatic carbocycles. The van der Waals surface area contributed by atoms with Crippen LogP contribution in [-0.4, -0.2) is 41.1 Å². The standard InChI is InChI=1S/C20H26FN3O.ClH/c1-16-19(17-7-9-18(21)10-8-17)22-15-23-20(16)25-14-6-5-13-24-11-3-2-4-12-24;/h7-10,15H,2-6,11-14H2,1H3;1H. The summed E-state index contributed by atoms with van der Waals surface area (Å²) >= 11 is 0. The topological polar surface area (TPSA) is 38.2 Å². The van der Waals surface area contributed by atoms with E-state index in [1.165, 1.54) is 50.8 Å². The third-order valence-electron chi connectivity index (χ3n) is 4.71. The van der Waals surface area contributed by atoms with E-state index < -0.39 is 0 Å². The maximum atomic E-state index is 13.1. The predicted octanol–water partition coefficient (Wildman–Crippen LogP) is 4.66. The Morgan fingerprint density at radius 2 is 1.77 bits per heavy atom. The Bertz CT molecular complexity index is 675. The highest BCUT2D eigenvalue weighted by molar-refractivity contribution is 5.85. The van der Waals surface area contributed by atoms with Crippen LogP contribution in [0.1, 0.15) is 37.7 Å². The second-order valence-corrected chi connectivity index (χ2v) is 6.62. The van der Waals surface area contributed by atoms with Gasteiger partial charge >= 0.3 is 0 Å². The molecular weight excluding hydrogens is 353 g/mol. The molecule has 0 bridgehead atoms. The van der Waals surface area contributed by atoms with Crippen LogP contribution in [-0.2, 0) is 0 Å². The molecular formula is C20H27ClFN3O. The molecule has 0 N–H and O–H groups in total. The van der Waals surface area contributed by atoms with Gasteiger partial charge in [-0.1, -0.05) is 6.42 Å². The van der Waals surface area contributed by atoms with Gasteiger partial charge in [0, 0.05) is 11.1 Å². The first-order valence-corrected chi connectivity index (χ1v) is 9.17. The molecule has 0 unspecified atom stereocenters. The number of ether oxygens (including phenoxy) is 1. The van der Waals surface area contributed by atoms with Crippen molar-refractivity contribution in [2.75, 3.05) is 26.2 Å². The van der Waals surface area contributed by atoms with Crippen molar-refractivity contribution in [1.29, 1.82) is 0 Å². The molecule has 0 amide bonds. The van der Waals surface area contributed by atoms with Crippen molar-refractivity contribution in [3.8, 4) is 17.1 Å². The van der Waals surface area contributed by atoms with Gasteiger partial charge in [-0.05, 0) is 76.5 Å². The Hall–Kier alpha value is -1.72. The monoisotopic (exact) mass is 379 g/mol. The van der Waals surface area contributed by atoms with E-state index in [9.17, 15) is 4.39 Å². The first-order valence-electron chi connectivity index (χ1n) is 9.17. The molecule has 0 saturated carbocycles. The lowest BCUT2D eigenvalue weighted by Crippen LogP contribution is -2.30. The maximum Gasteiger partial charge on any atom is 0.219 e. The molecule has 1 fully saturated rings. The van der Waals surface area contributed by atoms with Gasteiger partial charge in [0.25, 0.3) is 0 Å². The van der Waals surface area contributed by atoms with Crippen LogP contribution in [0, 0.1) is 12.7 Å². The molecule has 142 valence electrons. The SMILES string of the molecule is Cc1c(OCCCCN2CCCCC2)ncnc1-c1ccc(F)cc1.Cl. The number of benzene rings is 1. The van der Waals surface area contributed by atoms with Crippen molar-refractivity contribution in [2.24, 2.45) is 0 Å². The molecule has 2 aromatic rings. The van der Waals surface area contributed by atoms with E-state index >= 15 is 0 Å². The molecule has 0 spiro atoms. The number of rotatable bonds is 7. The molecule has 0 radical (unpaired) electrons. The molecule has 4 nitrogen and oxygen atoms in total. The lowest BCUT2D eigenvalue weighted by molar-refractivity contribution is 0.214. The third kappa shape index (κ3) is 5.64. The van der Waals surface area contributed by atoms with Crippen LogP contribution in [0.15, 0.2) is 30.6 Å². The molecule has 26 heavy (non-hydrogen) atoms. The van der Waals surface area contributed by atoms with Gasteiger partial charge in [-0.3, -0.25) is 0 Å². The first-order chi connectivity index (χ1) is 12.2. The van der Waals surface area contributed by atoms with E-state index in [1.807, 2.05) is 6.92 Å². The lowest BCUT2D eigenvalue weighted by Gasteiger charge is -2.26. The average molecular weight is 380 g/mol. The summed E-state index contributed by atoms with van der Waals surface area (Å²) in [5.41, 5.74) is 2.56. The fourth-order valence-corrected chi connectivity index (χ4v) is 3.27. The zero-order valence-corrected chi connectivity index (χ0v) is 16.1. The number of halogens is 2. The molecule has 3 rings (SSSR count). The molecule has 1 aliphatic heterocycles. The van der Waals surface area contributed by atoms with Gasteiger partial charge in [0.2, 0.25) is 5.88 Å². The van der Waals surface area contributed by atoms with Crippen molar-refractivity contribution in [1.82, 2.24) is 14.9 Å². The minimum atomic E-state index is -0.249. The highest BCUT2D eigenvalue weighted by Crippen LogP contribution is 2.26. The van der Waals surface area contributed by atoms with Crippen LogP contribution in [0.3, 0.4) is 0 Å². The molecule has 1 aromatic carbocycles. The number of nitrogens with zero attached hydrogens (tertiary/aromatic N) is 3. The zero-order valence-electron chi connectivity index (χ0n) is 15.3. The van der Waals surface area contributed by atoms with Gasteiger partial charge in [0.1, 0.15) is 12.1 Å². The van der Waals surface area contributed by atoms with E-state index in [2.05, 4.69) is 14.9 Å². The summed E-state index contributed by atoms with van der Waals surface area (Å²) in [6, 6.07) is 6.34. The summed E-state index contributed by atoms with van der Waals surface area (Å²) < 4.78 is 19.0. The van der Waals surface area contributed by atoms with Crippen LogP contribution in [0.2, 0.25) is 0 Å². The second-order valence-electron chi connectivity index (χ2n) is 6.62. The highest BCUT2D eigenvalue weighted by Gasteiger charge is 2.11. The van der Waals surface area contributed by atoms with Crippen LogP contribution in [0.5, 0.6) is 5.88 Å². The largest absolute Gasteiger partial charge is 0.477 e. The molecule has 6 heteroatoms. The Labute approximate surface area is 161 Å². The molecule has 1 aromatic heterocycles. The normalized spacial score (nSPS) is 14.7. The van der Waals surface area contributed by atoms with E-state index in [1.54, 1.807) is 12.1 Å². The predicted molar refractivity (Wildman–Crippen MR) is 104 cm³/mol. The van der Waals surface area contributed by atoms with Crippen LogP contribution in [0.25, 0.3) is 11.3 Å². The van der Waals surface area contributed by atoms with Crippen molar-refractivity contribution in [3.63, 3.8) is 0 Å². The third-order valence-corrected chi connectivity index (χ3v) is 4.71. The number of unbranched alkanes of at least 4 members (excludes halogenated alkanes) is 1. The van der Waals surface area contributed by atoms with Crippen molar-refractivity contribution in [2.45, 2.75) is 39.0 Å². The van der Waals surface area contributed by atoms with Crippen molar-refractivity contribution in [3.05, 3.63) is 42.0 Å². The minimum absolute atomic E-state index is 0. The second kappa shape index (κ2) is 10.4. The van der Waals surface area contributed by atoms with Gasteiger partial charge in [-0.2, -0.15) is 0 Å². The summed E-state index contributed by atoms with van der Waals surface area (Å²) in [5, 5.41) is 0. The quantitative estimate of drug-likeness (QED) is 0.656. The van der Waals surface area contributed by atoms with E-state index in [-0.39, 0.29) is 18.2 Å². The average Bonchev–Trinajstić information content (AvgIpc) is 2.64. The summed E-state index contributed by atoms with van der Waals surface area (Å²) in [4.78, 5) is 11.1. The van der Waals surface area contributed by atoms with E-state index in [0.29, 0.717) is 12.5 Å². The van der Waals surface area contributed by atoms with Gasteiger partial charge in [-0.25, -0.2) is 14.4 Å². The zero-order chi connectivity index (χ0) is 17.5. The van der Waals surface area contributed by atoms with Crippen LogP contribution >= 0.6 is 12.4 Å². The van der Waals surface area contributed by atoms with Crippen molar-refractivity contribution < 1.29 is 9.13 Å². The van der Waals surface area contributed by atoms with Gasteiger partial charge in [0.05, 0.1) is 12.3 Å². The summed E-state index contributed by atoms with van der Waals surface area (Å²) in [6.45, 7) is 6.25. The summed E-state index contributed by atoms with van der Waals surface area (Å²) in [6.07, 6.45) is 7.73. The first kappa shape index (κ1) is 20.6. The Kier molecular flexibility index (Phi) is 8.26. The number of likely N-dealkylation sites (tertiary alicyclic amines) is 1. The Balaban J connectivity index is 0.00000243. The Morgan fingerprint density at radius 3 is 2.50 bits per heavy atom. The fraction of sp³-hybridized carbons (Fsp3) is 0.500. The van der Waals surface area contributed by atoms with Crippen molar-refractivity contribution >= 4 is 12.4 Å². The highest BCUT2D eigenvalue weighted by atomic mass is 35.5. The minimum Gasteiger partial charge on any atom is -0.477 e. The summed E-state index contributed by atoms with van der Waals surface area (Å²) in [5.74, 6) is 0.368. The summed E-state index contributed by atoms with van der Waals surface area (Å²) in [7, 11) is 0. The van der Waals surface area contributed by atoms with Gasteiger partial charge in [-0.15, -0.1) is 12.4 Å². The van der Waals surface area contributed by atoms with Crippen LogP contribution in [0.4, 0.5) is 4.39 Å². The number of piperidine rings is 1. The maximum absolute atomic E-state index is 13.1. The molecule has 1 aliphatic rings. The number of hydrogen-bond donors (Lipinski definition) is 0. The molecule has 2 heterocycles. The number of hydrogen-bond acceptors (Lipinski definition) is 4.